The van der Waals surface area contributed by atoms with Gasteiger partial charge < -0.3 is 4.42 Å². The molecule has 2 heterocycles. The summed E-state index contributed by atoms with van der Waals surface area (Å²) >= 11 is 0. The van der Waals surface area contributed by atoms with Gasteiger partial charge in [0.2, 0.25) is 10.0 Å². The first-order valence-corrected chi connectivity index (χ1v) is 10.3. The second kappa shape index (κ2) is 5.73. The second-order valence-corrected chi connectivity index (χ2v) is 9.90. The fourth-order valence-electron chi connectivity index (χ4n) is 2.67. The number of hydrogen-bond acceptors (Lipinski definition) is 5. The molecule has 0 radical (unpaired) electrons. The van der Waals surface area contributed by atoms with Crippen molar-refractivity contribution in [3.05, 3.63) is 23.2 Å². The molecule has 120 valence electrons. The van der Waals surface area contributed by atoms with Crippen molar-refractivity contribution >= 4 is 19.9 Å². The summed E-state index contributed by atoms with van der Waals surface area (Å²) in [6, 6.07) is 1.42. The van der Waals surface area contributed by atoms with Gasteiger partial charge in [-0.1, -0.05) is 0 Å². The van der Waals surface area contributed by atoms with E-state index in [1.807, 2.05) is 13.0 Å². The predicted molar refractivity (Wildman–Crippen MR) is 80.3 cm³/mol. The molecule has 0 bridgehead atoms. The molecule has 1 aromatic rings. The molecule has 1 aliphatic rings. The lowest BCUT2D eigenvalue weighted by atomic mass is 10.1. The average molecular weight is 335 g/mol. The van der Waals surface area contributed by atoms with E-state index in [9.17, 15) is 16.8 Å². The second-order valence-electron chi connectivity index (χ2n) is 5.60. The minimum Gasteiger partial charge on any atom is -0.466 e. The van der Waals surface area contributed by atoms with Crippen LogP contribution >= 0.6 is 0 Å². The van der Waals surface area contributed by atoms with E-state index in [0.717, 1.165) is 11.3 Å². The zero-order valence-corrected chi connectivity index (χ0v) is 14.1. The zero-order chi connectivity index (χ0) is 15.8. The Bertz CT molecular complexity index is 704. The van der Waals surface area contributed by atoms with Gasteiger partial charge in [-0.3, -0.25) is 0 Å². The quantitative estimate of drug-likeness (QED) is 0.899. The first kappa shape index (κ1) is 16.5. The topological polar surface area (TPSA) is 93.5 Å². The van der Waals surface area contributed by atoms with Crippen molar-refractivity contribution < 1.29 is 21.3 Å². The van der Waals surface area contributed by atoms with Crippen LogP contribution in [0.3, 0.4) is 0 Å². The molecule has 0 spiro atoms. The molecule has 1 aliphatic heterocycles. The maximum Gasteiger partial charge on any atom is 0.215 e. The van der Waals surface area contributed by atoms with Crippen LogP contribution in [0, 0.1) is 13.8 Å². The maximum atomic E-state index is 12.4. The monoisotopic (exact) mass is 335 g/mol. The van der Waals surface area contributed by atoms with Crippen LogP contribution in [0.15, 0.2) is 10.5 Å². The summed E-state index contributed by atoms with van der Waals surface area (Å²) in [6.45, 7) is 5.36. The lowest BCUT2D eigenvalue weighted by molar-refractivity contribution is 0.495. The molecule has 1 saturated heterocycles. The maximum absolute atomic E-state index is 12.4. The fourth-order valence-corrected chi connectivity index (χ4v) is 6.12. The third-order valence-corrected chi connectivity index (χ3v) is 7.57. The first-order chi connectivity index (χ1) is 9.61. The van der Waals surface area contributed by atoms with Crippen LogP contribution in [0.1, 0.15) is 42.9 Å². The highest BCUT2D eigenvalue weighted by molar-refractivity contribution is 7.92. The van der Waals surface area contributed by atoms with E-state index >= 15 is 0 Å². The van der Waals surface area contributed by atoms with E-state index in [2.05, 4.69) is 4.72 Å². The van der Waals surface area contributed by atoms with E-state index in [1.165, 1.54) is 0 Å². The van der Waals surface area contributed by atoms with E-state index < -0.39 is 31.2 Å². The van der Waals surface area contributed by atoms with Gasteiger partial charge in [0.1, 0.15) is 21.4 Å². The van der Waals surface area contributed by atoms with Gasteiger partial charge in [0, 0.05) is 11.6 Å². The number of sulfone groups is 1. The molecule has 0 aliphatic carbocycles. The van der Waals surface area contributed by atoms with Gasteiger partial charge >= 0.3 is 0 Å². The van der Waals surface area contributed by atoms with Gasteiger partial charge in [-0.05, 0) is 39.7 Å². The number of furan rings is 1. The number of aryl methyl sites for hydroxylation is 2. The Kier molecular flexibility index (Phi) is 4.51. The summed E-state index contributed by atoms with van der Waals surface area (Å²) in [7, 11) is -6.61. The molecule has 2 rings (SSSR count). The Morgan fingerprint density at radius 3 is 2.33 bits per heavy atom. The number of rotatable bonds is 4. The fraction of sp³-hybridized carbons (Fsp3) is 0.692. The van der Waals surface area contributed by atoms with Gasteiger partial charge in [0.05, 0.1) is 16.8 Å². The summed E-state index contributed by atoms with van der Waals surface area (Å²) in [5, 5.41) is -0.642. The van der Waals surface area contributed by atoms with E-state index in [1.54, 1.807) is 13.8 Å². The van der Waals surface area contributed by atoms with Crippen LogP contribution in [0.2, 0.25) is 0 Å². The largest absolute Gasteiger partial charge is 0.466 e. The number of hydrogen-bond donors (Lipinski definition) is 1. The van der Waals surface area contributed by atoms with Gasteiger partial charge in [0.25, 0.3) is 0 Å². The number of sulfonamides is 1. The standard InChI is InChI=1S/C13H21NO5S2/c1-9-8-13(11(3)19-9)10(2)14-21(17,18)12-4-6-20(15,16)7-5-12/h8,10,12,14H,4-7H2,1-3H3. The number of nitrogens with one attached hydrogen (secondary N) is 1. The normalized spacial score (nSPS) is 21.3. The third-order valence-electron chi connectivity index (χ3n) is 3.83. The molecular weight excluding hydrogens is 314 g/mol. The van der Waals surface area contributed by atoms with Crippen LogP contribution in [0.5, 0.6) is 0 Å². The summed E-state index contributed by atoms with van der Waals surface area (Å²) in [5.41, 5.74) is 0.805. The molecular formula is C13H21NO5S2. The van der Waals surface area contributed by atoms with E-state index in [4.69, 9.17) is 4.42 Å². The summed E-state index contributed by atoms with van der Waals surface area (Å²) < 4.78 is 55.5. The van der Waals surface area contributed by atoms with Crippen LogP contribution in [-0.2, 0) is 19.9 Å². The summed E-state index contributed by atoms with van der Waals surface area (Å²) in [4.78, 5) is 0. The summed E-state index contributed by atoms with van der Waals surface area (Å²) in [6.07, 6.45) is 0.321. The van der Waals surface area contributed by atoms with Crippen LogP contribution in [0.4, 0.5) is 0 Å². The first-order valence-electron chi connectivity index (χ1n) is 6.89. The molecule has 0 amide bonds. The predicted octanol–water partition coefficient (Wildman–Crippen LogP) is 1.45. The van der Waals surface area contributed by atoms with Gasteiger partial charge in [0.15, 0.2) is 0 Å². The Balaban J connectivity index is 2.09. The van der Waals surface area contributed by atoms with Gasteiger partial charge in [-0.15, -0.1) is 0 Å². The van der Waals surface area contributed by atoms with Crippen molar-refractivity contribution in [2.45, 2.75) is 44.9 Å². The third kappa shape index (κ3) is 3.87. The van der Waals surface area contributed by atoms with Gasteiger partial charge in [-0.25, -0.2) is 21.6 Å². The highest BCUT2D eigenvalue weighted by Gasteiger charge is 2.34. The van der Waals surface area contributed by atoms with Crippen molar-refractivity contribution in [3.63, 3.8) is 0 Å². The molecule has 1 atom stereocenters. The molecule has 1 N–H and O–H groups in total. The molecule has 1 unspecified atom stereocenters. The SMILES string of the molecule is Cc1cc(C(C)NS(=O)(=O)C2CCS(=O)(=O)CC2)c(C)o1. The Morgan fingerprint density at radius 2 is 1.86 bits per heavy atom. The highest BCUT2D eigenvalue weighted by Crippen LogP contribution is 2.25. The summed E-state index contributed by atoms with van der Waals surface area (Å²) in [5.74, 6) is 1.30. The van der Waals surface area contributed by atoms with Crippen molar-refractivity contribution in [3.8, 4) is 0 Å². The molecule has 0 aromatic carbocycles. The minimum absolute atomic E-state index is 0.0587. The van der Waals surface area contributed by atoms with E-state index in [-0.39, 0.29) is 24.3 Å². The van der Waals surface area contributed by atoms with Crippen LogP contribution in [-0.4, -0.2) is 33.6 Å². The van der Waals surface area contributed by atoms with Crippen molar-refractivity contribution in [2.75, 3.05) is 11.5 Å². The van der Waals surface area contributed by atoms with Gasteiger partial charge in [-0.2, -0.15) is 0 Å². The van der Waals surface area contributed by atoms with Crippen molar-refractivity contribution in [1.29, 1.82) is 0 Å². The molecule has 0 saturated carbocycles. The minimum atomic E-state index is -3.54. The van der Waals surface area contributed by atoms with Crippen LogP contribution in [0.25, 0.3) is 0 Å². The molecule has 6 nitrogen and oxygen atoms in total. The van der Waals surface area contributed by atoms with Crippen molar-refractivity contribution in [1.82, 2.24) is 4.72 Å². The Morgan fingerprint density at radius 1 is 1.29 bits per heavy atom. The molecule has 1 fully saturated rings. The Hall–Kier alpha value is -0.860. The smallest absolute Gasteiger partial charge is 0.215 e. The lowest BCUT2D eigenvalue weighted by Crippen LogP contribution is -2.40. The molecule has 21 heavy (non-hydrogen) atoms. The molecule has 8 heteroatoms. The van der Waals surface area contributed by atoms with E-state index in [0.29, 0.717) is 5.76 Å². The Labute approximate surface area is 125 Å². The lowest BCUT2D eigenvalue weighted by Gasteiger charge is -2.24. The average Bonchev–Trinajstić information content (AvgIpc) is 2.67. The molecule has 1 aromatic heterocycles. The highest BCUT2D eigenvalue weighted by atomic mass is 32.2. The zero-order valence-electron chi connectivity index (χ0n) is 12.4. The van der Waals surface area contributed by atoms with Crippen LogP contribution < -0.4 is 4.72 Å². The van der Waals surface area contributed by atoms with Crippen molar-refractivity contribution in [2.24, 2.45) is 0 Å².